The van der Waals surface area contributed by atoms with Crippen molar-refractivity contribution in [3.8, 4) is 0 Å². The minimum Gasteiger partial charge on any atom is -0.486 e. The first kappa shape index (κ1) is 22.6. The molecule has 0 spiro atoms. The summed E-state index contributed by atoms with van der Waals surface area (Å²) in [6.07, 6.45) is -2.12. The van der Waals surface area contributed by atoms with Crippen molar-refractivity contribution < 1.29 is 28.8 Å². The molecule has 2 atom stereocenters. The highest BCUT2D eigenvalue weighted by molar-refractivity contribution is 5.88. The number of ether oxygens (including phenoxy) is 4. The maximum Gasteiger partial charge on any atom is 0.377 e. The van der Waals surface area contributed by atoms with E-state index in [-0.39, 0.29) is 31.3 Å². The molecule has 33 heavy (non-hydrogen) atoms. The zero-order chi connectivity index (χ0) is 22.9. The lowest BCUT2D eigenvalue weighted by atomic mass is 10.1. The molecule has 3 aromatic carbocycles. The molecule has 0 saturated heterocycles. The summed E-state index contributed by atoms with van der Waals surface area (Å²) >= 11 is 0. The summed E-state index contributed by atoms with van der Waals surface area (Å²) in [5.74, 6) is -0.756. The predicted octanol–water partition coefficient (Wildman–Crippen LogP) is 4.13. The summed E-state index contributed by atoms with van der Waals surface area (Å²) in [6, 6.07) is 28.6. The summed E-state index contributed by atoms with van der Waals surface area (Å²) in [5, 5.41) is 11.0. The zero-order valence-electron chi connectivity index (χ0n) is 18.1. The maximum atomic E-state index is 12.8. The SMILES string of the molecule is O=C1OC(COCc2ccccc2)C(O)C(OCc2ccccc2)=C1OCc1ccccc1. The monoisotopic (exact) mass is 446 g/mol. The maximum absolute atomic E-state index is 12.8. The first-order valence-electron chi connectivity index (χ1n) is 10.8. The fraction of sp³-hybridized carbons (Fsp3) is 0.222. The molecule has 2 unspecified atom stereocenters. The van der Waals surface area contributed by atoms with Crippen LogP contribution in [0.5, 0.6) is 0 Å². The van der Waals surface area contributed by atoms with E-state index in [1.54, 1.807) is 0 Å². The van der Waals surface area contributed by atoms with Gasteiger partial charge in [-0.1, -0.05) is 91.0 Å². The molecule has 3 aromatic rings. The first-order valence-corrected chi connectivity index (χ1v) is 10.8. The van der Waals surface area contributed by atoms with E-state index < -0.39 is 18.2 Å². The molecule has 1 N–H and O–H groups in total. The average Bonchev–Trinajstić information content (AvgIpc) is 2.86. The Morgan fingerprint density at radius 3 is 1.73 bits per heavy atom. The number of cyclic esters (lactones) is 1. The molecule has 1 aliphatic heterocycles. The van der Waals surface area contributed by atoms with E-state index in [1.807, 2.05) is 91.0 Å². The second-order valence-electron chi connectivity index (χ2n) is 7.63. The van der Waals surface area contributed by atoms with Crippen LogP contribution in [0.1, 0.15) is 16.7 Å². The van der Waals surface area contributed by atoms with Crippen LogP contribution < -0.4 is 0 Å². The van der Waals surface area contributed by atoms with Gasteiger partial charge in [0.05, 0.1) is 13.2 Å². The van der Waals surface area contributed by atoms with Crippen molar-refractivity contribution in [2.75, 3.05) is 6.61 Å². The smallest absolute Gasteiger partial charge is 0.377 e. The number of benzene rings is 3. The van der Waals surface area contributed by atoms with Gasteiger partial charge in [0.15, 0.2) is 18.0 Å². The van der Waals surface area contributed by atoms with Crippen molar-refractivity contribution >= 4 is 5.97 Å². The van der Waals surface area contributed by atoms with E-state index in [1.165, 1.54) is 0 Å². The van der Waals surface area contributed by atoms with E-state index in [9.17, 15) is 9.90 Å². The molecule has 0 saturated carbocycles. The third kappa shape index (κ3) is 6.22. The number of aliphatic hydroxyl groups excluding tert-OH is 1. The molecule has 0 bridgehead atoms. The first-order chi connectivity index (χ1) is 16.2. The predicted molar refractivity (Wildman–Crippen MR) is 121 cm³/mol. The fourth-order valence-electron chi connectivity index (χ4n) is 3.40. The van der Waals surface area contributed by atoms with Crippen LogP contribution >= 0.6 is 0 Å². The topological polar surface area (TPSA) is 74.2 Å². The molecule has 0 fully saturated rings. The summed E-state index contributed by atoms with van der Waals surface area (Å²) in [4.78, 5) is 12.8. The Balaban J connectivity index is 1.47. The second-order valence-corrected chi connectivity index (χ2v) is 7.63. The number of carbonyl (C=O) groups is 1. The van der Waals surface area contributed by atoms with Crippen LogP contribution in [0.15, 0.2) is 103 Å². The molecule has 6 heteroatoms. The highest BCUT2D eigenvalue weighted by Crippen LogP contribution is 2.27. The Morgan fingerprint density at radius 2 is 1.18 bits per heavy atom. The Morgan fingerprint density at radius 1 is 0.697 bits per heavy atom. The van der Waals surface area contributed by atoms with E-state index >= 15 is 0 Å². The molecule has 170 valence electrons. The van der Waals surface area contributed by atoms with Gasteiger partial charge in [-0.3, -0.25) is 0 Å². The van der Waals surface area contributed by atoms with E-state index in [2.05, 4.69) is 0 Å². The summed E-state index contributed by atoms with van der Waals surface area (Å²) in [5.41, 5.74) is 2.76. The Kier molecular flexibility index (Phi) is 7.74. The van der Waals surface area contributed by atoms with Crippen LogP contribution in [0, 0.1) is 0 Å². The average molecular weight is 446 g/mol. The van der Waals surface area contributed by atoms with Gasteiger partial charge in [0.25, 0.3) is 0 Å². The summed E-state index contributed by atoms with van der Waals surface area (Å²) < 4.78 is 22.8. The quantitative estimate of drug-likeness (QED) is 0.472. The summed E-state index contributed by atoms with van der Waals surface area (Å²) in [7, 11) is 0. The van der Waals surface area contributed by atoms with Crippen LogP contribution in [0.2, 0.25) is 0 Å². The van der Waals surface area contributed by atoms with Gasteiger partial charge in [0, 0.05) is 0 Å². The van der Waals surface area contributed by atoms with Gasteiger partial charge in [0.2, 0.25) is 5.76 Å². The molecular formula is C27H26O6. The van der Waals surface area contributed by atoms with Crippen molar-refractivity contribution in [3.63, 3.8) is 0 Å². The highest BCUT2D eigenvalue weighted by atomic mass is 16.6. The molecule has 0 radical (unpaired) electrons. The largest absolute Gasteiger partial charge is 0.486 e. The minimum atomic E-state index is -1.21. The zero-order valence-corrected chi connectivity index (χ0v) is 18.1. The highest BCUT2D eigenvalue weighted by Gasteiger charge is 2.40. The third-order valence-corrected chi connectivity index (χ3v) is 5.15. The molecule has 0 amide bonds. The van der Waals surface area contributed by atoms with Gasteiger partial charge in [-0.15, -0.1) is 0 Å². The molecule has 0 aromatic heterocycles. The van der Waals surface area contributed by atoms with Crippen LogP contribution in [0.25, 0.3) is 0 Å². The standard InChI is InChI=1S/C27H26O6/c28-24-23(19-30-16-20-10-4-1-5-11-20)33-27(29)26(32-18-22-14-8-3-9-15-22)25(24)31-17-21-12-6-2-7-13-21/h1-15,23-24,28H,16-19H2. The normalized spacial score (nSPS) is 18.0. The lowest BCUT2D eigenvalue weighted by molar-refractivity contribution is -0.167. The van der Waals surface area contributed by atoms with Gasteiger partial charge in [0.1, 0.15) is 13.2 Å². The number of hydrogen-bond donors (Lipinski definition) is 1. The van der Waals surface area contributed by atoms with E-state index in [4.69, 9.17) is 18.9 Å². The molecule has 4 rings (SSSR count). The van der Waals surface area contributed by atoms with Gasteiger partial charge >= 0.3 is 5.97 Å². The molecule has 1 aliphatic rings. The van der Waals surface area contributed by atoms with E-state index in [0.717, 1.165) is 16.7 Å². The molecule has 1 heterocycles. The fourth-order valence-corrected chi connectivity index (χ4v) is 3.40. The number of aliphatic hydroxyl groups is 1. The lowest BCUT2D eigenvalue weighted by Gasteiger charge is -2.31. The van der Waals surface area contributed by atoms with Gasteiger partial charge in [-0.25, -0.2) is 4.79 Å². The Labute approximate surface area is 193 Å². The molecular weight excluding hydrogens is 420 g/mol. The van der Waals surface area contributed by atoms with E-state index in [0.29, 0.717) is 6.61 Å². The van der Waals surface area contributed by atoms with Gasteiger partial charge in [-0.2, -0.15) is 0 Å². The van der Waals surface area contributed by atoms with Crippen LogP contribution in [-0.2, 0) is 43.6 Å². The van der Waals surface area contributed by atoms with Gasteiger partial charge < -0.3 is 24.1 Å². The third-order valence-electron chi connectivity index (χ3n) is 5.15. The number of esters is 1. The minimum absolute atomic E-state index is 0.0198. The lowest BCUT2D eigenvalue weighted by Crippen LogP contribution is -2.43. The van der Waals surface area contributed by atoms with Crippen molar-refractivity contribution in [1.82, 2.24) is 0 Å². The van der Waals surface area contributed by atoms with Crippen molar-refractivity contribution in [1.29, 1.82) is 0 Å². The van der Waals surface area contributed by atoms with Crippen molar-refractivity contribution in [3.05, 3.63) is 119 Å². The van der Waals surface area contributed by atoms with Crippen molar-refractivity contribution in [2.45, 2.75) is 32.0 Å². The molecule has 0 aliphatic carbocycles. The molecule has 6 nitrogen and oxygen atoms in total. The van der Waals surface area contributed by atoms with Crippen LogP contribution in [0.4, 0.5) is 0 Å². The number of hydrogen-bond acceptors (Lipinski definition) is 6. The summed E-state index contributed by atoms with van der Waals surface area (Å²) in [6.45, 7) is 0.677. The van der Waals surface area contributed by atoms with Crippen LogP contribution in [-0.4, -0.2) is 29.9 Å². The second kappa shape index (κ2) is 11.3. The number of carbonyl (C=O) groups excluding carboxylic acids is 1. The number of rotatable bonds is 10. The Hall–Kier alpha value is -3.61. The van der Waals surface area contributed by atoms with Crippen molar-refractivity contribution in [2.24, 2.45) is 0 Å². The van der Waals surface area contributed by atoms with Gasteiger partial charge in [-0.05, 0) is 16.7 Å². The van der Waals surface area contributed by atoms with Crippen LogP contribution in [0.3, 0.4) is 0 Å². The Bertz CT molecular complexity index is 1050.